The molecule has 100 valence electrons. The molecule has 0 radical (unpaired) electrons. The highest BCUT2D eigenvalue weighted by molar-refractivity contribution is 5.87. The van der Waals surface area contributed by atoms with E-state index in [1.165, 1.54) is 0 Å². The average Bonchev–Trinajstić information content (AvgIpc) is 2.25. The molecule has 18 heavy (non-hydrogen) atoms. The second-order valence-electron chi connectivity index (χ2n) is 4.54. The number of benzene rings is 1. The summed E-state index contributed by atoms with van der Waals surface area (Å²) in [5.41, 5.74) is 5.61. The highest BCUT2D eigenvalue weighted by Crippen LogP contribution is 2.24. The zero-order valence-electron chi connectivity index (χ0n) is 10.1. The van der Waals surface area contributed by atoms with Gasteiger partial charge < -0.3 is 11.1 Å². The van der Waals surface area contributed by atoms with Crippen molar-refractivity contribution < 1.29 is 18.0 Å². The average molecular weight is 260 g/mol. The highest BCUT2D eigenvalue weighted by atomic mass is 19.4. The van der Waals surface area contributed by atoms with Crippen LogP contribution in [0.5, 0.6) is 0 Å². The van der Waals surface area contributed by atoms with E-state index in [4.69, 9.17) is 5.73 Å². The Hall–Kier alpha value is -1.72. The molecular formula is C12H15F3N2O. The molecular weight excluding hydrogens is 245 g/mol. The minimum absolute atomic E-state index is 0.533. The second-order valence-corrected chi connectivity index (χ2v) is 4.54. The molecule has 0 bridgehead atoms. The Morgan fingerprint density at radius 3 is 2.17 bits per heavy atom. The van der Waals surface area contributed by atoms with Crippen molar-refractivity contribution in [1.82, 2.24) is 5.32 Å². The van der Waals surface area contributed by atoms with Crippen molar-refractivity contribution in [2.75, 3.05) is 12.3 Å². The Bertz CT molecular complexity index is 424. The molecule has 0 unspecified atom stereocenters. The number of nitrogens with one attached hydrogen (secondary N) is 1. The van der Waals surface area contributed by atoms with Crippen LogP contribution >= 0.6 is 0 Å². The van der Waals surface area contributed by atoms with Crippen molar-refractivity contribution in [3.05, 3.63) is 29.8 Å². The minimum atomic E-state index is -4.41. The third kappa shape index (κ3) is 3.65. The van der Waals surface area contributed by atoms with Gasteiger partial charge in [-0.2, -0.15) is 13.2 Å². The number of nitrogen functional groups attached to an aromatic ring is 1. The van der Waals surface area contributed by atoms with Crippen LogP contribution in [-0.4, -0.2) is 18.6 Å². The van der Waals surface area contributed by atoms with Crippen LogP contribution in [-0.2, 0) is 10.2 Å². The molecule has 3 N–H and O–H groups in total. The molecule has 0 saturated heterocycles. The maximum atomic E-state index is 12.0. The van der Waals surface area contributed by atoms with Crippen molar-refractivity contribution in [1.29, 1.82) is 0 Å². The molecule has 0 aliphatic heterocycles. The normalized spacial score (nSPS) is 12.3. The number of anilines is 1. The quantitative estimate of drug-likeness (QED) is 0.819. The number of rotatable bonds is 3. The Morgan fingerprint density at radius 1 is 1.22 bits per heavy atom. The summed E-state index contributed by atoms with van der Waals surface area (Å²) in [5, 5.41) is 1.88. The lowest BCUT2D eigenvalue weighted by Crippen LogP contribution is -2.43. The Morgan fingerprint density at radius 2 is 1.72 bits per heavy atom. The van der Waals surface area contributed by atoms with E-state index in [1.807, 2.05) is 5.32 Å². The fourth-order valence-corrected chi connectivity index (χ4v) is 1.43. The largest absolute Gasteiger partial charge is 0.405 e. The summed E-state index contributed by atoms with van der Waals surface area (Å²) < 4.78 is 36.1. The first-order valence-electron chi connectivity index (χ1n) is 5.34. The van der Waals surface area contributed by atoms with E-state index in [0.717, 1.165) is 0 Å². The van der Waals surface area contributed by atoms with E-state index in [0.29, 0.717) is 11.3 Å². The van der Waals surface area contributed by atoms with Crippen LogP contribution in [0.15, 0.2) is 24.3 Å². The van der Waals surface area contributed by atoms with Crippen molar-refractivity contribution in [2.24, 2.45) is 0 Å². The molecule has 0 atom stereocenters. The third-order valence-electron chi connectivity index (χ3n) is 2.65. The lowest BCUT2D eigenvalue weighted by Gasteiger charge is -2.24. The predicted molar refractivity (Wildman–Crippen MR) is 62.9 cm³/mol. The van der Waals surface area contributed by atoms with Gasteiger partial charge in [0, 0.05) is 5.69 Å². The minimum Gasteiger partial charge on any atom is -0.399 e. The second kappa shape index (κ2) is 4.88. The van der Waals surface area contributed by atoms with Gasteiger partial charge in [0.15, 0.2) is 0 Å². The van der Waals surface area contributed by atoms with Crippen LogP contribution in [0, 0.1) is 0 Å². The van der Waals surface area contributed by atoms with E-state index < -0.39 is 24.0 Å². The maximum Gasteiger partial charge on any atom is 0.405 e. The van der Waals surface area contributed by atoms with Crippen molar-refractivity contribution in [3.8, 4) is 0 Å². The fraction of sp³-hybridized carbons (Fsp3) is 0.417. The van der Waals surface area contributed by atoms with E-state index in [9.17, 15) is 18.0 Å². The Kier molecular flexibility index (Phi) is 3.88. The summed E-state index contributed by atoms with van der Waals surface area (Å²) in [5.74, 6) is -0.676. The number of halogens is 3. The first kappa shape index (κ1) is 14.3. The third-order valence-corrected chi connectivity index (χ3v) is 2.65. The molecule has 1 amide bonds. The van der Waals surface area contributed by atoms with Crippen molar-refractivity contribution in [3.63, 3.8) is 0 Å². The molecule has 0 aromatic heterocycles. The topological polar surface area (TPSA) is 55.1 Å². The summed E-state index contributed by atoms with van der Waals surface area (Å²) in [7, 11) is 0. The Balaban J connectivity index is 2.79. The molecule has 0 aliphatic rings. The summed E-state index contributed by atoms with van der Waals surface area (Å²) in [6.45, 7) is 1.79. The summed E-state index contributed by atoms with van der Waals surface area (Å²) >= 11 is 0. The van der Waals surface area contributed by atoms with Crippen LogP contribution in [0.1, 0.15) is 19.4 Å². The zero-order chi connectivity index (χ0) is 14.0. The molecule has 0 aliphatic carbocycles. The SMILES string of the molecule is CC(C)(C(=O)NCC(F)(F)F)c1ccc(N)cc1. The van der Waals surface area contributed by atoms with Crippen LogP contribution in [0.25, 0.3) is 0 Å². The maximum absolute atomic E-state index is 12.0. The van der Waals surface area contributed by atoms with E-state index in [2.05, 4.69) is 0 Å². The van der Waals surface area contributed by atoms with Crippen molar-refractivity contribution in [2.45, 2.75) is 25.4 Å². The molecule has 0 heterocycles. The first-order chi connectivity index (χ1) is 8.13. The number of carbonyl (C=O) groups is 1. The smallest absolute Gasteiger partial charge is 0.399 e. The van der Waals surface area contributed by atoms with Gasteiger partial charge in [-0.15, -0.1) is 0 Å². The van der Waals surface area contributed by atoms with Gasteiger partial charge in [0.1, 0.15) is 6.54 Å². The van der Waals surface area contributed by atoms with Gasteiger partial charge in [0.2, 0.25) is 5.91 Å². The first-order valence-corrected chi connectivity index (χ1v) is 5.34. The van der Waals surface area contributed by atoms with Gasteiger partial charge in [0.25, 0.3) is 0 Å². The summed E-state index contributed by atoms with van der Waals surface area (Å²) in [4.78, 5) is 11.8. The summed E-state index contributed by atoms with van der Waals surface area (Å²) in [6.07, 6.45) is -4.41. The number of amides is 1. The number of alkyl halides is 3. The molecule has 0 saturated carbocycles. The standard InChI is InChI=1S/C12H15F3N2O/c1-11(2,8-3-5-9(16)6-4-8)10(18)17-7-12(13,14)15/h3-6H,7,16H2,1-2H3,(H,17,18). The molecule has 1 aromatic carbocycles. The van der Waals surface area contributed by atoms with E-state index in [-0.39, 0.29) is 0 Å². The fourth-order valence-electron chi connectivity index (χ4n) is 1.43. The van der Waals surface area contributed by atoms with Gasteiger partial charge >= 0.3 is 6.18 Å². The lowest BCUT2D eigenvalue weighted by atomic mass is 9.83. The highest BCUT2D eigenvalue weighted by Gasteiger charge is 2.34. The molecule has 0 fully saturated rings. The van der Waals surface area contributed by atoms with Crippen LogP contribution in [0.2, 0.25) is 0 Å². The van der Waals surface area contributed by atoms with Gasteiger partial charge in [0.05, 0.1) is 5.41 Å². The molecule has 1 aromatic rings. The predicted octanol–water partition coefficient (Wildman–Crippen LogP) is 2.22. The number of hydrogen-bond donors (Lipinski definition) is 2. The lowest BCUT2D eigenvalue weighted by molar-refractivity contribution is -0.141. The van der Waals surface area contributed by atoms with Gasteiger partial charge in [-0.25, -0.2) is 0 Å². The molecule has 6 heteroatoms. The zero-order valence-corrected chi connectivity index (χ0v) is 10.1. The van der Waals surface area contributed by atoms with E-state index in [1.54, 1.807) is 38.1 Å². The van der Waals surface area contributed by atoms with Gasteiger partial charge in [-0.05, 0) is 31.5 Å². The van der Waals surface area contributed by atoms with E-state index >= 15 is 0 Å². The molecule has 0 spiro atoms. The van der Waals surface area contributed by atoms with Crippen LogP contribution < -0.4 is 11.1 Å². The van der Waals surface area contributed by atoms with Gasteiger partial charge in [-0.1, -0.05) is 12.1 Å². The number of carbonyl (C=O) groups excluding carboxylic acids is 1. The number of hydrogen-bond acceptors (Lipinski definition) is 2. The van der Waals surface area contributed by atoms with Crippen molar-refractivity contribution >= 4 is 11.6 Å². The monoisotopic (exact) mass is 260 g/mol. The molecule has 1 rings (SSSR count). The molecule has 3 nitrogen and oxygen atoms in total. The Labute approximate surface area is 103 Å². The summed E-state index contributed by atoms with van der Waals surface area (Å²) in [6, 6.07) is 6.47. The van der Waals surface area contributed by atoms with Crippen LogP contribution in [0.4, 0.5) is 18.9 Å². The van der Waals surface area contributed by atoms with Crippen LogP contribution in [0.3, 0.4) is 0 Å². The number of nitrogens with two attached hydrogens (primary N) is 1. The van der Waals surface area contributed by atoms with Gasteiger partial charge in [-0.3, -0.25) is 4.79 Å².